The lowest BCUT2D eigenvalue weighted by atomic mass is 10.4. The first-order valence-corrected chi connectivity index (χ1v) is 6.21. The van der Waals surface area contributed by atoms with Crippen LogP contribution in [0.15, 0.2) is 21.2 Å². The molecule has 0 aromatic carbocycles. The minimum Gasteiger partial charge on any atom is -0.458 e. The van der Waals surface area contributed by atoms with Crippen molar-refractivity contribution in [2.24, 2.45) is 0 Å². The molecule has 0 atom stereocenters. The van der Waals surface area contributed by atoms with E-state index in [4.69, 9.17) is 9.15 Å². The highest BCUT2D eigenvalue weighted by atomic mass is 79.9. The number of carbonyl (C=O) groups is 2. The van der Waals surface area contributed by atoms with Gasteiger partial charge in [0.25, 0.3) is 5.91 Å². The third kappa shape index (κ3) is 2.56. The number of rotatable bonds is 4. The first kappa shape index (κ1) is 13.1. The summed E-state index contributed by atoms with van der Waals surface area (Å²) in [7, 11) is 1.57. The summed E-state index contributed by atoms with van der Waals surface area (Å²) in [4.78, 5) is 26.8. The van der Waals surface area contributed by atoms with Gasteiger partial charge in [0.15, 0.2) is 0 Å². The van der Waals surface area contributed by atoms with Crippen molar-refractivity contribution in [3.63, 3.8) is 0 Å². The van der Waals surface area contributed by atoms with E-state index in [-0.39, 0.29) is 30.8 Å². The van der Waals surface area contributed by atoms with Crippen molar-refractivity contribution in [1.82, 2.24) is 9.80 Å². The topological polar surface area (TPSA) is 63.0 Å². The molecule has 18 heavy (non-hydrogen) atoms. The van der Waals surface area contributed by atoms with Crippen LogP contribution in [0.1, 0.15) is 10.6 Å². The Hall–Kier alpha value is -1.34. The molecule has 0 radical (unpaired) electrons. The first-order chi connectivity index (χ1) is 8.63. The van der Waals surface area contributed by atoms with E-state index in [0.717, 1.165) is 0 Å². The highest BCUT2D eigenvalue weighted by Gasteiger charge is 2.32. The van der Waals surface area contributed by atoms with E-state index in [2.05, 4.69) is 15.9 Å². The van der Waals surface area contributed by atoms with Crippen LogP contribution >= 0.6 is 15.9 Å². The maximum absolute atomic E-state index is 12.1. The molecule has 1 aromatic rings. The summed E-state index contributed by atoms with van der Waals surface area (Å²) in [5, 5.41) is 0. The van der Waals surface area contributed by atoms with Crippen molar-refractivity contribution in [3.05, 3.63) is 22.6 Å². The fourth-order valence-corrected chi connectivity index (χ4v) is 2.09. The molecular weight excluding hydrogens is 304 g/mol. The van der Waals surface area contributed by atoms with Gasteiger partial charge in [-0.3, -0.25) is 9.59 Å². The van der Waals surface area contributed by atoms with Crippen molar-refractivity contribution in [3.8, 4) is 0 Å². The molecule has 0 bridgehead atoms. The number of furan rings is 1. The molecule has 1 saturated heterocycles. The highest BCUT2D eigenvalue weighted by molar-refractivity contribution is 9.10. The molecule has 0 saturated carbocycles. The second-order valence-corrected chi connectivity index (χ2v) is 4.75. The number of carbonyl (C=O) groups excluding carboxylic acids is 2. The molecule has 2 rings (SSSR count). The first-order valence-electron chi connectivity index (χ1n) is 5.42. The second-order valence-electron chi connectivity index (χ2n) is 3.89. The lowest BCUT2D eigenvalue weighted by Gasteiger charge is -2.16. The molecule has 7 heteroatoms. The monoisotopic (exact) mass is 316 g/mol. The number of methoxy groups -OCH3 is 1. The predicted octanol–water partition coefficient (Wildman–Crippen LogP) is 0.930. The van der Waals surface area contributed by atoms with Crippen molar-refractivity contribution < 1.29 is 18.7 Å². The lowest BCUT2D eigenvalue weighted by Crippen LogP contribution is -2.32. The predicted molar refractivity (Wildman–Crippen MR) is 65.9 cm³/mol. The number of amides is 2. The summed E-state index contributed by atoms with van der Waals surface area (Å²) in [5.74, 6) is -0.153. The van der Waals surface area contributed by atoms with E-state index < -0.39 is 0 Å². The van der Waals surface area contributed by atoms with Gasteiger partial charge in [-0.05, 0) is 22.0 Å². The zero-order chi connectivity index (χ0) is 13.1. The van der Waals surface area contributed by atoms with Crippen LogP contribution in [0.3, 0.4) is 0 Å². The van der Waals surface area contributed by atoms with Gasteiger partial charge < -0.3 is 19.0 Å². The molecule has 1 aliphatic rings. The van der Waals surface area contributed by atoms with E-state index in [1.165, 1.54) is 11.2 Å². The van der Waals surface area contributed by atoms with Gasteiger partial charge in [-0.1, -0.05) is 0 Å². The van der Waals surface area contributed by atoms with Crippen LogP contribution in [0.25, 0.3) is 0 Å². The van der Waals surface area contributed by atoms with E-state index in [1.54, 1.807) is 18.1 Å². The molecule has 1 aliphatic heterocycles. The molecule has 1 aromatic heterocycles. The molecule has 2 amide bonds. The Bertz CT molecular complexity index is 460. The molecule has 98 valence electrons. The van der Waals surface area contributed by atoms with Gasteiger partial charge in [0.1, 0.15) is 6.54 Å². The van der Waals surface area contributed by atoms with Crippen LogP contribution < -0.4 is 0 Å². The average Bonchev–Trinajstić information content (AvgIpc) is 2.92. The van der Waals surface area contributed by atoms with Gasteiger partial charge in [-0.2, -0.15) is 0 Å². The summed E-state index contributed by atoms with van der Waals surface area (Å²) in [6.07, 6.45) is 1.43. The molecule has 0 aliphatic carbocycles. The summed E-state index contributed by atoms with van der Waals surface area (Å²) >= 11 is 3.23. The van der Waals surface area contributed by atoms with Gasteiger partial charge in [0.05, 0.1) is 24.0 Å². The average molecular weight is 317 g/mol. The largest absolute Gasteiger partial charge is 0.458 e. The van der Waals surface area contributed by atoms with Crippen LogP contribution in [-0.2, 0) is 9.53 Å². The van der Waals surface area contributed by atoms with Crippen LogP contribution in [-0.4, -0.2) is 55.1 Å². The molecule has 6 nitrogen and oxygen atoms in total. The Morgan fingerprint density at radius 2 is 2.39 bits per heavy atom. The smallest absolute Gasteiger partial charge is 0.292 e. The van der Waals surface area contributed by atoms with Crippen molar-refractivity contribution in [2.45, 2.75) is 0 Å². The highest BCUT2D eigenvalue weighted by Crippen LogP contribution is 2.21. The number of nitrogens with zero attached hydrogens (tertiary/aromatic N) is 2. The maximum atomic E-state index is 12.1. The fourth-order valence-electron chi connectivity index (χ4n) is 1.72. The lowest BCUT2D eigenvalue weighted by molar-refractivity contribution is -0.127. The third-order valence-corrected chi connectivity index (χ3v) is 3.31. The van der Waals surface area contributed by atoms with E-state index >= 15 is 0 Å². The number of halogens is 1. The molecule has 0 N–H and O–H groups in total. The summed E-state index contributed by atoms with van der Waals surface area (Å²) in [6, 6.07) is 1.65. The minimum atomic E-state index is -0.292. The summed E-state index contributed by atoms with van der Waals surface area (Å²) < 4.78 is 10.6. The number of ether oxygens (including phenoxy) is 1. The van der Waals surface area contributed by atoms with Gasteiger partial charge in [-0.25, -0.2) is 0 Å². The Kier molecular flexibility index (Phi) is 4.03. The minimum absolute atomic E-state index is 0.0791. The fraction of sp³-hybridized carbons (Fsp3) is 0.455. The summed E-state index contributed by atoms with van der Waals surface area (Å²) in [5.41, 5.74) is 0. The Labute approximate surface area is 113 Å². The van der Waals surface area contributed by atoms with Crippen LogP contribution in [0.5, 0.6) is 0 Å². The zero-order valence-electron chi connectivity index (χ0n) is 9.89. The SMILES string of the molecule is COCCN1CN(C(=O)c2occc2Br)CC1=O. The quantitative estimate of drug-likeness (QED) is 0.829. The van der Waals surface area contributed by atoms with Gasteiger partial charge >= 0.3 is 0 Å². The summed E-state index contributed by atoms with van der Waals surface area (Å²) in [6.45, 7) is 1.29. The van der Waals surface area contributed by atoms with Gasteiger partial charge in [0.2, 0.25) is 11.7 Å². The zero-order valence-corrected chi connectivity index (χ0v) is 11.5. The number of hydrogen-bond donors (Lipinski definition) is 0. The molecule has 2 heterocycles. The Balaban J connectivity index is 2.02. The van der Waals surface area contributed by atoms with Crippen molar-refractivity contribution in [1.29, 1.82) is 0 Å². The van der Waals surface area contributed by atoms with Gasteiger partial charge in [0, 0.05) is 13.7 Å². The van der Waals surface area contributed by atoms with Crippen molar-refractivity contribution in [2.75, 3.05) is 33.5 Å². The van der Waals surface area contributed by atoms with Crippen LogP contribution in [0.2, 0.25) is 0 Å². The third-order valence-electron chi connectivity index (χ3n) is 2.68. The Morgan fingerprint density at radius 1 is 1.61 bits per heavy atom. The van der Waals surface area contributed by atoms with E-state index in [0.29, 0.717) is 17.6 Å². The maximum Gasteiger partial charge on any atom is 0.292 e. The molecular formula is C11H13BrN2O4. The van der Waals surface area contributed by atoms with Crippen LogP contribution in [0.4, 0.5) is 0 Å². The Morgan fingerprint density at radius 3 is 3.00 bits per heavy atom. The normalized spacial score (nSPS) is 15.6. The van der Waals surface area contributed by atoms with E-state index in [9.17, 15) is 9.59 Å². The van der Waals surface area contributed by atoms with Gasteiger partial charge in [-0.15, -0.1) is 0 Å². The van der Waals surface area contributed by atoms with Crippen molar-refractivity contribution >= 4 is 27.7 Å². The molecule has 0 unspecified atom stereocenters. The van der Waals surface area contributed by atoms with Crippen LogP contribution in [0, 0.1) is 0 Å². The molecule has 1 fully saturated rings. The standard InChI is InChI=1S/C11H13BrN2O4/c1-17-5-3-13-7-14(6-9(13)15)11(16)10-8(12)2-4-18-10/h2,4H,3,5-7H2,1H3. The second kappa shape index (κ2) is 5.53. The number of hydrogen-bond acceptors (Lipinski definition) is 4. The van der Waals surface area contributed by atoms with E-state index in [1.807, 2.05) is 0 Å². The molecule has 0 spiro atoms.